The van der Waals surface area contributed by atoms with Crippen molar-refractivity contribution in [2.45, 2.75) is 63.1 Å². The Hall–Kier alpha value is -3.13. The molecule has 0 bridgehead atoms. The molecule has 0 aliphatic heterocycles. The Morgan fingerprint density at radius 3 is 2.11 bits per heavy atom. The summed E-state index contributed by atoms with van der Waals surface area (Å²) in [4.78, 5) is 53.1. The molecule has 0 saturated carbocycles. The number of amides is 3. The lowest BCUT2D eigenvalue weighted by Gasteiger charge is -2.27. The molecule has 204 valence electrons. The molecule has 0 spiro atoms. The molecule has 0 aliphatic carbocycles. The predicted molar refractivity (Wildman–Crippen MR) is 140 cm³/mol. The molecule has 2 rings (SSSR count). The third-order valence-electron chi connectivity index (χ3n) is 5.81. The maximum Gasteiger partial charge on any atom is 0.326 e. The Labute approximate surface area is 218 Å². The van der Waals surface area contributed by atoms with E-state index in [1.807, 2.05) is 24.5 Å². The number of hydrogen-bond donors (Lipinski definition) is 8. The molecule has 6 atom stereocenters. The first kappa shape index (κ1) is 30.1. The van der Waals surface area contributed by atoms with E-state index < -0.39 is 60.1 Å². The van der Waals surface area contributed by atoms with Gasteiger partial charge in [-0.15, -0.1) is 0 Å². The van der Waals surface area contributed by atoms with Crippen LogP contribution < -0.4 is 21.7 Å². The number of nitrogens with one attached hydrogen (secondary N) is 4. The SMILES string of the molecule is CSCCC(N)C(=O)NC(C(=O)NC(C(=O)NC(Cc1c[nH]c2ccccc12)C(=O)O)C(C)O)C(C)O. The summed E-state index contributed by atoms with van der Waals surface area (Å²) in [6.45, 7) is 2.52. The van der Waals surface area contributed by atoms with Crippen LogP contribution in [-0.4, -0.2) is 92.4 Å². The number of hydrogen-bond acceptors (Lipinski definition) is 8. The first-order chi connectivity index (χ1) is 17.5. The van der Waals surface area contributed by atoms with E-state index in [1.165, 1.54) is 25.6 Å². The van der Waals surface area contributed by atoms with Crippen LogP contribution in [0.1, 0.15) is 25.8 Å². The van der Waals surface area contributed by atoms with E-state index in [9.17, 15) is 34.5 Å². The Bertz CT molecular complexity index is 1090. The van der Waals surface area contributed by atoms with Gasteiger partial charge < -0.3 is 42.0 Å². The maximum absolute atomic E-state index is 12.9. The minimum absolute atomic E-state index is 0.0497. The highest BCUT2D eigenvalue weighted by Gasteiger charge is 2.34. The van der Waals surface area contributed by atoms with Crippen LogP contribution in [0.15, 0.2) is 30.5 Å². The number of aliphatic hydroxyl groups is 2. The molecule has 37 heavy (non-hydrogen) atoms. The topological polar surface area (TPSA) is 207 Å². The molecular weight excluding hydrogens is 502 g/mol. The van der Waals surface area contributed by atoms with Crippen LogP contribution in [0, 0.1) is 0 Å². The molecule has 3 amide bonds. The Balaban J connectivity index is 2.12. The van der Waals surface area contributed by atoms with Gasteiger partial charge in [-0.3, -0.25) is 14.4 Å². The van der Waals surface area contributed by atoms with Crippen molar-refractivity contribution in [2.75, 3.05) is 12.0 Å². The van der Waals surface area contributed by atoms with Gasteiger partial charge >= 0.3 is 5.97 Å². The third kappa shape index (κ3) is 8.45. The number of benzene rings is 1. The molecule has 0 saturated heterocycles. The number of nitrogens with two attached hydrogens (primary N) is 1. The van der Waals surface area contributed by atoms with Crippen molar-refractivity contribution >= 4 is 46.4 Å². The summed E-state index contributed by atoms with van der Waals surface area (Å²) >= 11 is 1.50. The van der Waals surface area contributed by atoms with Gasteiger partial charge in [0, 0.05) is 23.5 Å². The van der Waals surface area contributed by atoms with Crippen LogP contribution in [0.5, 0.6) is 0 Å². The molecule has 13 heteroatoms. The van der Waals surface area contributed by atoms with E-state index in [0.29, 0.717) is 17.7 Å². The molecule has 12 nitrogen and oxygen atoms in total. The second-order valence-electron chi connectivity index (χ2n) is 8.80. The van der Waals surface area contributed by atoms with Crippen molar-refractivity contribution in [2.24, 2.45) is 5.73 Å². The largest absolute Gasteiger partial charge is 0.480 e. The van der Waals surface area contributed by atoms with Crippen molar-refractivity contribution in [3.8, 4) is 0 Å². The van der Waals surface area contributed by atoms with Gasteiger partial charge in [0.25, 0.3) is 0 Å². The molecule has 0 fully saturated rings. The maximum atomic E-state index is 12.9. The highest BCUT2D eigenvalue weighted by Crippen LogP contribution is 2.19. The number of carboxylic acids is 1. The number of carboxylic acid groups (broad SMARTS) is 1. The number of aromatic amines is 1. The molecule has 0 aliphatic rings. The van der Waals surface area contributed by atoms with Gasteiger partial charge in [0.05, 0.1) is 18.2 Å². The van der Waals surface area contributed by atoms with E-state index in [0.717, 1.165) is 10.9 Å². The number of thioether (sulfide) groups is 1. The number of aromatic nitrogens is 1. The van der Waals surface area contributed by atoms with Gasteiger partial charge in [0.1, 0.15) is 18.1 Å². The number of aliphatic carboxylic acids is 1. The number of rotatable bonds is 14. The summed E-state index contributed by atoms with van der Waals surface area (Å²) in [5.41, 5.74) is 7.29. The average molecular weight is 538 g/mol. The van der Waals surface area contributed by atoms with Gasteiger partial charge in [-0.2, -0.15) is 11.8 Å². The second-order valence-corrected chi connectivity index (χ2v) is 9.79. The summed E-state index contributed by atoms with van der Waals surface area (Å²) in [7, 11) is 0. The fourth-order valence-corrected chi connectivity index (χ4v) is 4.16. The normalized spacial score (nSPS) is 16.2. The zero-order valence-corrected chi connectivity index (χ0v) is 21.7. The molecule has 1 aromatic heterocycles. The zero-order valence-electron chi connectivity index (χ0n) is 20.9. The zero-order chi connectivity index (χ0) is 27.7. The second kappa shape index (κ2) is 14.0. The fraction of sp³-hybridized carbons (Fsp3) is 0.500. The predicted octanol–water partition coefficient (Wildman–Crippen LogP) is -0.909. The van der Waals surface area contributed by atoms with Crippen molar-refractivity contribution < 1.29 is 34.5 Å². The molecule has 2 aromatic rings. The van der Waals surface area contributed by atoms with E-state index in [1.54, 1.807) is 12.3 Å². The summed E-state index contributed by atoms with van der Waals surface area (Å²) in [5, 5.41) is 37.8. The quantitative estimate of drug-likeness (QED) is 0.150. The number of aliphatic hydroxyl groups excluding tert-OH is 2. The number of carbonyl (C=O) groups excluding carboxylic acids is 3. The van der Waals surface area contributed by atoms with Crippen LogP contribution in [0.2, 0.25) is 0 Å². The minimum atomic E-state index is -1.55. The highest BCUT2D eigenvalue weighted by molar-refractivity contribution is 7.98. The molecule has 0 radical (unpaired) electrons. The highest BCUT2D eigenvalue weighted by atomic mass is 32.2. The first-order valence-electron chi connectivity index (χ1n) is 11.8. The number of para-hydroxylation sites is 1. The van der Waals surface area contributed by atoms with E-state index in [4.69, 9.17) is 5.73 Å². The lowest BCUT2D eigenvalue weighted by atomic mass is 10.0. The van der Waals surface area contributed by atoms with E-state index in [2.05, 4.69) is 20.9 Å². The average Bonchev–Trinajstić information content (AvgIpc) is 3.25. The van der Waals surface area contributed by atoms with Crippen molar-refractivity contribution in [1.82, 2.24) is 20.9 Å². The Morgan fingerprint density at radius 1 is 0.973 bits per heavy atom. The molecular formula is C24H35N5O7S. The molecule has 6 unspecified atom stereocenters. The van der Waals surface area contributed by atoms with Gasteiger partial charge in [0.15, 0.2) is 0 Å². The summed E-state index contributed by atoms with van der Waals surface area (Å²) in [5.74, 6) is -3.22. The summed E-state index contributed by atoms with van der Waals surface area (Å²) in [6, 6.07) is 2.02. The third-order valence-corrected chi connectivity index (χ3v) is 6.45. The monoisotopic (exact) mass is 537 g/mol. The van der Waals surface area contributed by atoms with Crippen LogP contribution in [0.25, 0.3) is 10.9 Å². The van der Waals surface area contributed by atoms with Gasteiger partial charge in [-0.05, 0) is 43.9 Å². The Kier molecular flexibility index (Phi) is 11.4. The Morgan fingerprint density at radius 2 is 1.54 bits per heavy atom. The van der Waals surface area contributed by atoms with Crippen molar-refractivity contribution in [1.29, 1.82) is 0 Å². The summed E-state index contributed by atoms with van der Waals surface area (Å²) in [6.07, 6.45) is 1.05. The van der Waals surface area contributed by atoms with Crippen molar-refractivity contribution in [3.05, 3.63) is 36.0 Å². The summed E-state index contributed by atoms with van der Waals surface area (Å²) < 4.78 is 0. The number of H-pyrrole nitrogens is 1. The standard InChI is InChI=1S/C24H35N5O7S/c1-12(30)19(29-23(34)20(13(2)31)28-21(32)16(25)8-9-37-3)22(33)27-18(24(35)36)10-14-11-26-17-7-5-4-6-15(14)17/h4-7,11-13,16,18-20,26,30-31H,8-10,25H2,1-3H3,(H,27,33)(H,28,32)(H,29,34)(H,35,36). The molecule has 1 aromatic carbocycles. The number of fused-ring (bicyclic) bond motifs is 1. The first-order valence-corrected chi connectivity index (χ1v) is 13.1. The van der Waals surface area contributed by atoms with Crippen LogP contribution in [0.4, 0.5) is 0 Å². The van der Waals surface area contributed by atoms with E-state index in [-0.39, 0.29) is 6.42 Å². The molecule has 9 N–H and O–H groups in total. The van der Waals surface area contributed by atoms with Gasteiger partial charge in [-0.1, -0.05) is 18.2 Å². The van der Waals surface area contributed by atoms with Gasteiger partial charge in [-0.25, -0.2) is 4.79 Å². The van der Waals surface area contributed by atoms with Crippen LogP contribution in [0.3, 0.4) is 0 Å². The van der Waals surface area contributed by atoms with E-state index >= 15 is 0 Å². The number of carbonyl (C=O) groups is 4. The lowest BCUT2D eigenvalue weighted by molar-refractivity contribution is -0.143. The van der Waals surface area contributed by atoms with Crippen molar-refractivity contribution in [3.63, 3.8) is 0 Å². The molecule has 1 heterocycles. The van der Waals surface area contributed by atoms with Crippen LogP contribution in [-0.2, 0) is 25.6 Å². The van der Waals surface area contributed by atoms with Crippen LogP contribution >= 0.6 is 11.8 Å². The lowest BCUT2D eigenvalue weighted by Crippen LogP contribution is -2.62. The fourth-order valence-electron chi connectivity index (χ4n) is 3.67. The van der Waals surface area contributed by atoms with Gasteiger partial charge in [0.2, 0.25) is 17.7 Å². The minimum Gasteiger partial charge on any atom is -0.480 e. The smallest absolute Gasteiger partial charge is 0.326 e.